The Morgan fingerprint density at radius 3 is 2.71 bits per heavy atom. The van der Waals surface area contributed by atoms with Crippen molar-refractivity contribution in [1.82, 2.24) is 24.9 Å². The SMILES string of the molecule is CCCNC(=O)c1c(NC(=O)c2cccc(Cn3cc(Br)cn3)c2)cnn1C. The first kappa shape index (κ1) is 19.8. The monoisotopic (exact) mass is 444 g/mol. The Morgan fingerprint density at radius 2 is 2.00 bits per heavy atom. The fourth-order valence-corrected chi connectivity index (χ4v) is 3.07. The highest BCUT2D eigenvalue weighted by molar-refractivity contribution is 9.10. The van der Waals surface area contributed by atoms with Crippen LogP contribution >= 0.6 is 15.9 Å². The van der Waals surface area contributed by atoms with Gasteiger partial charge < -0.3 is 10.6 Å². The van der Waals surface area contributed by atoms with E-state index in [0.717, 1.165) is 16.5 Å². The molecule has 146 valence electrons. The molecule has 0 aliphatic rings. The second-order valence-corrected chi connectivity index (χ2v) is 7.21. The smallest absolute Gasteiger partial charge is 0.271 e. The van der Waals surface area contributed by atoms with Gasteiger partial charge in [0, 0.05) is 25.4 Å². The molecular weight excluding hydrogens is 424 g/mol. The zero-order valence-corrected chi connectivity index (χ0v) is 17.2. The van der Waals surface area contributed by atoms with E-state index in [2.05, 4.69) is 36.8 Å². The van der Waals surface area contributed by atoms with Crippen LogP contribution in [0.25, 0.3) is 0 Å². The van der Waals surface area contributed by atoms with Gasteiger partial charge in [-0.25, -0.2) is 0 Å². The number of hydrogen-bond donors (Lipinski definition) is 2. The van der Waals surface area contributed by atoms with Crippen LogP contribution < -0.4 is 10.6 Å². The normalized spacial score (nSPS) is 10.7. The number of rotatable bonds is 7. The van der Waals surface area contributed by atoms with Crippen molar-refractivity contribution in [2.75, 3.05) is 11.9 Å². The van der Waals surface area contributed by atoms with Gasteiger partial charge in [-0.3, -0.25) is 19.0 Å². The lowest BCUT2D eigenvalue weighted by Crippen LogP contribution is -2.27. The summed E-state index contributed by atoms with van der Waals surface area (Å²) in [7, 11) is 1.67. The van der Waals surface area contributed by atoms with Crippen LogP contribution in [0.2, 0.25) is 0 Å². The number of nitrogens with one attached hydrogen (secondary N) is 2. The van der Waals surface area contributed by atoms with Gasteiger partial charge in [-0.1, -0.05) is 19.1 Å². The lowest BCUT2D eigenvalue weighted by atomic mass is 10.1. The fourth-order valence-electron chi connectivity index (χ4n) is 2.74. The highest BCUT2D eigenvalue weighted by Gasteiger charge is 2.19. The molecule has 0 aliphatic heterocycles. The molecule has 0 saturated heterocycles. The van der Waals surface area contributed by atoms with Gasteiger partial charge >= 0.3 is 0 Å². The van der Waals surface area contributed by atoms with E-state index in [4.69, 9.17) is 0 Å². The fraction of sp³-hybridized carbons (Fsp3) is 0.263. The van der Waals surface area contributed by atoms with Crippen LogP contribution in [0.5, 0.6) is 0 Å². The second kappa shape index (κ2) is 8.83. The molecule has 28 heavy (non-hydrogen) atoms. The van der Waals surface area contributed by atoms with E-state index in [1.165, 1.54) is 10.9 Å². The maximum Gasteiger partial charge on any atom is 0.271 e. The molecule has 0 fully saturated rings. The second-order valence-electron chi connectivity index (χ2n) is 6.30. The van der Waals surface area contributed by atoms with Gasteiger partial charge in [0.05, 0.1) is 29.1 Å². The van der Waals surface area contributed by atoms with Crippen molar-refractivity contribution < 1.29 is 9.59 Å². The van der Waals surface area contributed by atoms with Gasteiger partial charge in [-0.2, -0.15) is 10.2 Å². The summed E-state index contributed by atoms with van der Waals surface area (Å²) >= 11 is 3.37. The predicted octanol–water partition coefficient (Wildman–Crippen LogP) is 2.82. The van der Waals surface area contributed by atoms with Crippen LogP contribution in [0.1, 0.15) is 39.8 Å². The zero-order valence-electron chi connectivity index (χ0n) is 15.6. The van der Waals surface area contributed by atoms with Gasteiger partial charge in [0.15, 0.2) is 0 Å². The van der Waals surface area contributed by atoms with Gasteiger partial charge in [0.2, 0.25) is 0 Å². The summed E-state index contributed by atoms with van der Waals surface area (Å²) in [6.07, 6.45) is 5.88. The Hall–Kier alpha value is -2.94. The highest BCUT2D eigenvalue weighted by atomic mass is 79.9. The summed E-state index contributed by atoms with van der Waals surface area (Å²) in [5.41, 5.74) is 2.13. The molecular formula is C19H21BrN6O2. The Labute approximate surface area is 171 Å². The van der Waals surface area contributed by atoms with Crippen LogP contribution in [0.3, 0.4) is 0 Å². The first-order chi connectivity index (χ1) is 13.5. The number of aromatic nitrogens is 4. The summed E-state index contributed by atoms with van der Waals surface area (Å²) in [6, 6.07) is 7.28. The predicted molar refractivity (Wildman–Crippen MR) is 109 cm³/mol. The number of anilines is 1. The molecule has 8 nitrogen and oxygen atoms in total. The average molecular weight is 445 g/mol. The minimum atomic E-state index is -0.305. The minimum absolute atomic E-state index is 0.268. The maximum absolute atomic E-state index is 12.7. The van der Waals surface area contributed by atoms with E-state index < -0.39 is 0 Å². The van der Waals surface area contributed by atoms with E-state index in [9.17, 15) is 9.59 Å². The molecule has 3 rings (SSSR count). The average Bonchev–Trinajstić information content (AvgIpc) is 3.25. The lowest BCUT2D eigenvalue weighted by Gasteiger charge is -2.09. The van der Waals surface area contributed by atoms with Crippen LogP contribution in [0.4, 0.5) is 5.69 Å². The number of hydrogen-bond acceptors (Lipinski definition) is 4. The van der Waals surface area contributed by atoms with E-state index in [1.807, 2.05) is 25.3 Å². The molecule has 2 heterocycles. The minimum Gasteiger partial charge on any atom is -0.351 e. The number of amides is 2. The maximum atomic E-state index is 12.7. The Kier molecular flexibility index (Phi) is 6.25. The third-order valence-corrected chi connectivity index (χ3v) is 4.48. The molecule has 0 spiro atoms. The van der Waals surface area contributed by atoms with Crippen molar-refractivity contribution in [3.8, 4) is 0 Å². The van der Waals surface area contributed by atoms with E-state index in [-0.39, 0.29) is 11.8 Å². The zero-order chi connectivity index (χ0) is 20.1. The molecule has 2 aromatic heterocycles. The highest BCUT2D eigenvalue weighted by Crippen LogP contribution is 2.17. The third-order valence-electron chi connectivity index (χ3n) is 4.07. The van der Waals surface area contributed by atoms with Gasteiger partial charge in [-0.05, 0) is 40.0 Å². The van der Waals surface area contributed by atoms with Crippen LogP contribution in [-0.2, 0) is 13.6 Å². The molecule has 0 atom stereocenters. The molecule has 2 amide bonds. The van der Waals surface area contributed by atoms with Crippen molar-refractivity contribution >= 4 is 33.4 Å². The lowest BCUT2D eigenvalue weighted by molar-refractivity contribution is 0.0945. The number of halogens is 1. The molecule has 1 aromatic carbocycles. The summed E-state index contributed by atoms with van der Waals surface area (Å²) in [5.74, 6) is -0.573. The van der Waals surface area contributed by atoms with Crippen molar-refractivity contribution in [2.45, 2.75) is 19.9 Å². The molecule has 9 heteroatoms. The van der Waals surface area contributed by atoms with Crippen molar-refractivity contribution in [1.29, 1.82) is 0 Å². The van der Waals surface area contributed by atoms with Gasteiger partial charge in [0.25, 0.3) is 11.8 Å². The molecule has 0 unspecified atom stereocenters. The molecule has 0 radical (unpaired) electrons. The molecule has 2 N–H and O–H groups in total. The first-order valence-corrected chi connectivity index (χ1v) is 9.65. The first-order valence-electron chi connectivity index (χ1n) is 8.86. The largest absolute Gasteiger partial charge is 0.351 e. The quantitative estimate of drug-likeness (QED) is 0.585. The number of carbonyl (C=O) groups is 2. The van der Waals surface area contributed by atoms with Crippen LogP contribution in [-0.4, -0.2) is 37.9 Å². The van der Waals surface area contributed by atoms with Crippen molar-refractivity contribution in [2.24, 2.45) is 7.05 Å². The van der Waals surface area contributed by atoms with E-state index >= 15 is 0 Å². The summed E-state index contributed by atoms with van der Waals surface area (Å²) in [5, 5.41) is 13.9. The van der Waals surface area contributed by atoms with Crippen molar-refractivity contribution in [3.05, 3.63) is 64.1 Å². The number of aryl methyl sites for hydroxylation is 1. The Morgan fingerprint density at radius 1 is 1.18 bits per heavy atom. The van der Waals surface area contributed by atoms with E-state index in [1.54, 1.807) is 30.1 Å². The van der Waals surface area contributed by atoms with Crippen LogP contribution in [0.15, 0.2) is 47.3 Å². The van der Waals surface area contributed by atoms with Crippen molar-refractivity contribution in [3.63, 3.8) is 0 Å². The summed E-state index contributed by atoms with van der Waals surface area (Å²) < 4.78 is 4.12. The Balaban J connectivity index is 1.75. The number of carbonyl (C=O) groups excluding carboxylic acids is 2. The van der Waals surface area contributed by atoms with Gasteiger partial charge in [-0.15, -0.1) is 0 Å². The van der Waals surface area contributed by atoms with E-state index in [0.29, 0.717) is 30.0 Å². The summed E-state index contributed by atoms with van der Waals surface area (Å²) in [6.45, 7) is 3.08. The Bertz CT molecular complexity index is 994. The number of nitrogens with zero attached hydrogens (tertiary/aromatic N) is 4. The molecule has 3 aromatic rings. The summed E-state index contributed by atoms with van der Waals surface area (Å²) in [4.78, 5) is 25.1. The van der Waals surface area contributed by atoms with Crippen LogP contribution in [0, 0.1) is 0 Å². The third kappa shape index (κ3) is 4.66. The molecule has 0 aliphatic carbocycles. The van der Waals surface area contributed by atoms with Gasteiger partial charge in [0.1, 0.15) is 5.69 Å². The topological polar surface area (TPSA) is 93.8 Å². The number of benzene rings is 1. The standard InChI is InChI=1S/C19H21BrN6O2/c1-3-7-21-19(28)17-16(10-22-25(17)2)24-18(27)14-6-4-5-13(8-14)11-26-12-15(20)9-23-26/h4-6,8-10,12H,3,7,11H2,1-2H3,(H,21,28)(H,24,27). The molecule has 0 bridgehead atoms. The molecule has 0 saturated carbocycles.